The largest absolute Gasteiger partial charge is 0.480 e. The molecule has 0 aliphatic heterocycles. The van der Waals surface area contributed by atoms with Gasteiger partial charge in [0.25, 0.3) is 0 Å². The number of benzene rings is 1. The number of nitrogens with zero attached hydrogens (tertiary/aromatic N) is 1. The third-order valence-electron chi connectivity index (χ3n) is 3.18. The molecular formula is C14H21NO2. The van der Waals surface area contributed by atoms with Gasteiger partial charge in [-0.15, -0.1) is 0 Å². The topological polar surface area (TPSA) is 40.5 Å². The van der Waals surface area contributed by atoms with E-state index < -0.39 is 12.0 Å². The Hall–Kier alpha value is -1.35. The quantitative estimate of drug-likeness (QED) is 0.853. The minimum absolute atomic E-state index is 0.127. The van der Waals surface area contributed by atoms with Crippen molar-refractivity contribution in [1.82, 2.24) is 4.90 Å². The zero-order valence-electron chi connectivity index (χ0n) is 10.9. The number of hydrogen-bond donors (Lipinski definition) is 1. The van der Waals surface area contributed by atoms with E-state index in [9.17, 15) is 4.79 Å². The molecule has 3 nitrogen and oxygen atoms in total. The predicted molar refractivity (Wildman–Crippen MR) is 68.9 cm³/mol. The zero-order valence-corrected chi connectivity index (χ0v) is 10.9. The number of carboxylic acids is 1. The third kappa shape index (κ3) is 3.30. The van der Waals surface area contributed by atoms with Crippen molar-refractivity contribution in [2.24, 2.45) is 5.92 Å². The lowest BCUT2D eigenvalue weighted by Crippen LogP contribution is -2.40. The van der Waals surface area contributed by atoms with Crippen LogP contribution >= 0.6 is 0 Å². The molecule has 0 bridgehead atoms. The molecule has 0 heterocycles. The predicted octanol–water partition coefficient (Wildman–Crippen LogP) is 2.79. The van der Waals surface area contributed by atoms with Crippen LogP contribution in [0.1, 0.15) is 32.4 Å². The second kappa shape index (κ2) is 5.82. The summed E-state index contributed by atoms with van der Waals surface area (Å²) in [5, 5.41) is 9.09. The van der Waals surface area contributed by atoms with Crippen molar-refractivity contribution in [3.63, 3.8) is 0 Å². The molecule has 94 valence electrons. The average Bonchev–Trinajstić information content (AvgIpc) is 2.28. The highest BCUT2D eigenvalue weighted by atomic mass is 16.4. The van der Waals surface area contributed by atoms with E-state index in [1.165, 1.54) is 0 Å². The lowest BCUT2D eigenvalue weighted by Gasteiger charge is -2.34. The molecule has 0 aliphatic carbocycles. The molecule has 1 rings (SSSR count). The monoisotopic (exact) mass is 235 g/mol. The van der Waals surface area contributed by atoms with Gasteiger partial charge in [0.15, 0.2) is 0 Å². The van der Waals surface area contributed by atoms with E-state index in [4.69, 9.17) is 5.11 Å². The van der Waals surface area contributed by atoms with Crippen LogP contribution in [0.25, 0.3) is 0 Å². The molecule has 0 radical (unpaired) electrons. The summed E-state index contributed by atoms with van der Waals surface area (Å²) in [6.07, 6.45) is 0. The Bertz CT molecular complexity index is 362. The Morgan fingerprint density at radius 3 is 2.12 bits per heavy atom. The van der Waals surface area contributed by atoms with Gasteiger partial charge in [-0.2, -0.15) is 0 Å². The van der Waals surface area contributed by atoms with Crippen LogP contribution in [0.4, 0.5) is 0 Å². The Labute approximate surface area is 103 Å². The lowest BCUT2D eigenvalue weighted by molar-refractivity contribution is -0.143. The van der Waals surface area contributed by atoms with Crippen LogP contribution in [0.2, 0.25) is 0 Å². The maximum absolute atomic E-state index is 11.1. The van der Waals surface area contributed by atoms with Crippen LogP contribution in [0.3, 0.4) is 0 Å². The van der Waals surface area contributed by atoms with Crippen LogP contribution < -0.4 is 0 Å². The van der Waals surface area contributed by atoms with E-state index in [0.29, 0.717) is 5.92 Å². The number of rotatable bonds is 5. The first kappa shape index (κ1) is 13.7. The molecule has 0 aliphatic rings. The van der Waals surface area contributed by atoms with E-state index >= 15 is 0 Å². The molecule has 1 N–H and O–H groups in total. The Kier molecular flexibility index (Phi) is 4.70. The highest BCUT2D eigenvalue weighted by Gasteiger charge is 2.27. The normalized spacial score (nSPS) is 14.9. The maximum Gasteiger partial charge on any atom is 0.320 e. The van der Waals surface area contributed by atoms with Crippen LogP contribution in [0.5, 0.6) is 0 Å². The molecule has 1 aromatic rings. The second-order valence-corrected chi connectivity index (χ2v) is 4.78. The number of carboxylic acid groups (broad SMARTS) is 1. The molecule has 1 aromatic carbocycles. The Balaban J connectivity index is 2.98. The highest BCUT2D eigenvalue weighted by Crippen LogP contribution is 2.28. The molecule has 0 aromatic heterocycles. The van der Waals surface area contributed by atoms with Gasteiger partial charge < -0.3 is 5.11 Å². The van der Waals surface area contributed by atoms with Gasteiger partial charge in [-0.3, -0.25) is 9.69 Å². The molecule has 0 fully saturated rings. The van der Waals surface area contributed by atoms with Crippen molar-refractivity contribution in [3.05, 3.63) is 35.9 Å². The molecule has 0 saturated heterocycles. The van der Waals surface area contributed by atoms with Crippen molar-refractivity contribution in [1.29, 1.82) is 0 Å². The fourth-order valence-corrected chi connectivity index (χ4v) is 2.16. The van der Waals surface area contributed by atoms with E-state index in [0.717, 1.165) is 5.56 Å². The summed E-state index contributed by atoms with van der Waals surface area (Å²) < 4.78 is 0. The number of hydrogen-bond acceptors (Lipinski definition) is 2. The maximum atomic E-state index is 11.1. The minimum atomic E-state index is -0.783. The van der Waals surface area contributed by atoms with Gasteiger partial charge in [0, 0.05) is 6.04 Å². The van der Waals surface area contributed by atoms with Crippen molar-refractivity contribution >= 4 is 5.97 Å². The first-order valence-electron chi connectivity index (χ1n) is 5.94. The lowest BCUT2D eigenvalue weighted by atomic mass is 9.94. The Morgan fingerprint density at radius 2 is 1.71 bits per heavy atom. The number of likely N-dealkylation sites (N-methyl/N-ethyl adjacent to an activating group) is 1. The molecule has 0 amide bonds. The van der Waals surface area contributed by atoms with Gasteiger partial charge in [0.05, 0.1) is 0 Å². The molecule has 0 spiro atoms. The van der Waals surface area contributed by atoms with Gasteiger partial charge in [-0.1, -0.05) is 44.2 Å². The second-order valence-electron chi connectivity index (χ2n) is 4.78. The summed E-state index contributed by atoms with van der Waals surface area (Å²) in [6.45, 7) is 5.95. The fourth-order valence-electron chi connectivity index (χ4n) is 2.16. The first-order chi connectivity index (χ1) is 7.95. The molecule has 2 atom stereocenters. The van der Waals surface area contributed by atoms with Gasteiger partial charge in [-0.25, -0.2) is 0 Å². The summed E-state index contributed by atoms with van der Waals surface area (Å²) in [5.41, 5.74) is 1.16. The smallest absolute Gasteiger partial charge is 0.320 e. The summed E-state index contributed by atoms with van der Waals surface area (Å²) >= 11 is 0. The molecule has 2 unspecified atom stereocenters. The molecular weight excluding hydrogens is 214 g/mol. The SMILES string of the molecule is CC(C)C(c1ccccc1)N(C)C(C)C(=O)O. The molecule has 3 heteroatoms. The number of aliphatic carboxylic acids is 1. The van der Waals surface area contributed by atoms with Crippen molar-refractivity contribution in [2.75, 3.05) is 7.05 Å². The standard InChI is InChI=1S/C14H21NO2/c1-10(2)13(12-8-6-5-7-9-12)15(4)11(3)14(16)17/h5-11,13H,1-4H3,(H,16,17). The van der Waals surface area contributed by atoms with E-state index in [1.807, 2.05) is 30.1 Å². The number of carbonyl (C=O) groups is 1. The van der Waals surface area contributed by atoms with Crippen LogP contribution in [0.15, 0.2) is 30.3 Å². The van der Waals surface area contributed by atoms with E-state index in [1.54, 1.807) is 6.92 Å². The van der Waals surface area contributed by atoms with Crippen LogP contribution in [-0.4, -0.2) is 29.1 Å². The van der Waals surface area contributed by atoms with Gasteiger partial charge in [0.2, 0.25) is 0 Å². The van der Waals surface area contributed by atoms with E-state index in [2.05, 4.69) is 26.0 Å². The summed E-state index contributed by atoms with van der Waals surface area (Å²) in [4.78, 5) is 13.0. The zero-order chi connectivity index (χ0) is 13.0. The average molecular weight is 235 g/mol. The first-order valence-corrected chi connectivity index (χ1v) is 5.94. The summed E-state index contributed by atoms with van der Waals surface area (Å²) in [6, 6.07) is 9.70. The fraction of sp³-hybridized carbons (Fsp3) is 0.500. The van der Waals surface area contributed by atoms with Crippen molar-refractivity contribution in [2.45, 2.75) is 32.9 Å². The van der Waals surface area contributed by atoms with Gasteiger partial charge >= 0.3 is 5.97 Å². The van der Waals surface area contributed by atoms with Crippen LogP contribution in [0, 0.1) is 5.92 Å². The Morgan fingerprint density at radius 1 is 1.18 bits per heavy atom. The highest BCUT2D eigenvalue weighted by molar-refractivity contribution is 5.72. The summed E-state index contributed by atoms with van der Waals surface area (Å²) in [7, 11) is 1.87. The minimum Gasteiger partial charge on any atom is -0.480 e. The van der Waals surface area contributed by atoms with Crippen molar-refractivity contribution in [3.8, 4) is 0 Å². The molecule has 0 saturated carbocycles. The summed E-state index contributed by atoms with van der Waals surface area (Å²) in [5.74, 6) is -0.418. The third-order valence-corrected chi connectivity index (χ3v) is 3.18. The van der Waals surface area contributed by atoms with Crippen molar-refractivity contribution < 1.29 is 9.90 Å². The van der Waals surface area contributed by atoms with Gasteiger partial charge in [-0.05, 0) is 25.5 Å². The van der Waals surface area contributed by atoms with Gasteiger partial charge in [0.1, 0.15) is 6.04 Å². The van der Waals surface area contributed by atoms with Crippen LogP contribution in [-0.2, 0) is 4.79 Å². The van der Waals surface area contributed by atoms with E-state index in [-0.39, 0.29) is 6.04 Å². The molecule has 17 heavy (non-hydrogen) atoms.